The molecule has 0 fully saturated rings. The van der Waals surface area contributed by atoms with Gasteiger partial charge in [0.25, 0.3) is 0 Å². The van der Waals surface area contributed by atoms with E-state index in [1.54, 1.807) is 13.0 Å². The molecule has 0 unspecified atom stereocenters. The summed E-state index contributed by atoms with van der Waals surface area (Å²) in [4.78, 5) is 0. The number of rotatable bonds is 4. The Morgan fingerprint density at radius 2 is 1.85 bits per heavy atom. The summed E-state index contributed by atoms with van der Waals surface area (Å²) in [5, 5.41) is 18.1. The molecule has 0 radical (unpaired) electrons. The minimum atomic E-state index is -1.76. The SMILES string of the molecule is Cc1ccc(F)c(OCc2cc(F)cc(B(O)O)c2)c1. The maximum absolute atomic E-state index is 13.5. The van der Waals surface area contributed by atoms with Crippen LogP contribution in [0.25, 0.3) is 0 Å². The van der Waals surface area contributed by atoms with Crippen molar-refractivity contribution in [3.63, 3.8) is 0 Å². The van der Waals surface area contributed by atoms with Crippen molar-refractivity contribution in [2.75, 3.05) is 0 Å². The van der Waals surface area contributed by atoms with Crippen LogP contribution >= 0.6 is 0 Å². The van der Waals surface area contributed by atoms with Crippen molar-refractivity contribution in [3.8, 4) is 5.75 Å². The normalized spacial score (nSPS) is 10.4. The summed E-state index contributed by atoms with van der Waals surface area (Å²) in [6, 6.07) is 8.04. The first-order chi connectivity index (χ1) is 9.45. The maximum atomic E-state index is 13.5. The molecule has 2 aromatic carbocycles. The molecule has 2 aromatic rings. The predicted octanol–water partition coefficient (Wildman–Crippen LogP) is 1.53. The molecule has 0 saturated carbocycles. The molecule has 6 heteroatoms. The number of hydrogen-bond acceptors (Lipinski definition) is 3. The minimum Gasteiger partial charge on any atom is -0.486 e. The van der Waals surface area contributed by atoms with Crippen LogP contribution < -0.4 is 10.2 Å². The Hall–Kier alpha value is -1.92. The van der Waals surface area contributed by atoms with Gasteiger partial charge in [0.1, 0.15) is 12.4 Å². The van der Waals surface area contributed by atoms with Gasteiger partial charge in [0.15, 0.2) is 11.6 Å². The van der Waals surface area contributed by atoms with Crippen molar-refractivity contribution >= 4 is 12.6 Å². The van der Waals surface area contributed by atoms with Crippen LogP contribution in [0.4, 0.5) is 8.78 Å². The molecule has 0 atom stereocenters. The maximum Gasteiger partial charge on any atom is 0.488 e. The van der Waals surface area contributed by atoms with E-state index in [0.29, 0.717) is 5.56 Å². The van der Waals surface area contributed by atoms with E-state index in [0.717, 1.165) is 11.6 Å². The lowest BCUT2D eigenvalue weighted by Crippen LogP contribution is -2.30. The third-order valence-corrected chi connectivity index (χ3v) is 2.76. The van der Waals surface area contributed by atoms with Crippen LogP contribution in [0.5, 0.6) is 5.75 Å². The van der Waals surface area contributed by atoms with Crippen molar-refractivity contribution < 1.29 is 23.6 Å². The fourth-order valence-corrected chi connectivity index (χ4v) is 1.79. The van der Waals surface area contributed by atoms with E-state index in [1.807, 2.05) is 0 Å². The van der Waals surface area contributed by atoms with Crippen LogP contribution in [-0.2, 0) is 6.61 Å². The zero-order valence-electron chi connectivity index (χ0n) is 10.8. The fraction of sp³-hybridized carbons (Fsp3) is 0.143. The van der Waals surface area contributed by atoms with Gasteiger partial charge in [-0.25, -0.2) is 8.78 Å². The standard InChI is InChI=1S/C14H13BF2O3/c1-9-2-3-13(17)14(4-9)20-8-10-5-11(15(18)19)7-12(16)6-10/h2-7,18-19H,8H2,1H3. The Morgan fingerprint density at radius 1 is 1.10 bits per heavy atom. The molecule has 0 heterocycles. The molecule has 0 saturated heterocycles. The lowest BCUT2D eigenvalue weighted by Gasteiger charge is -2.09. The second kappa shape index (κ2) is 6.03. The number of halogens is 2. The van der Waals surface area contributed by atoms with Gasteiger partial charge in [-0.05, 0) is 47.8 Å². The average molecular weight is 278 g/mol. The molecule has 0 amide bonds. The highest BCUT2D eigenvalue weighted by molar-refractivity contribution is 6.58. The second-order valence-corrected chi connectivity index (χ2v) is 4.49. The summed E-state index contributed by atoms with van der Waals surface area (Å²) in [7, 11) is -1.76. The number of ether oxygens (including phenoxy) is 1. The lowest BCUT2D eigenvalue weighted by molar-refractivity contribution is 0.289. The highest BCUT2D eigenvalue weighted by atomic mass is 19.1. The van der Waals surface area contributed by atoms with Gasteiger partial charge < -0.3 is 14.8 Å². The summed E-state index contributed by atoms with van der Waals surface area (Å²) in [6.45, 7) is 1.73. The van der Waals surface area contributed by atoms with Crippen molar-refractivity contribution in [2.24, 2.45) is 0 Å². The van der Waals surface area contributed by atoms with Crippen LogP contribution in [-0.4, -0.2) is 17.2 Å². The quantitative estimate of drug-likeness (QED) is 0.834. The Labute approximate surface area is 115 Å². The van der Waals surface area contributed by atoms with Crippen LogP contribution in [0.2, 0.25) is 0 Å². The number of benzene rings is 2. The molecular formula is C14H13BF2O3. The Morgan fingerprint density at radius 3 is 2.55 bits per heavy atom. The highest BCUT2D eigenvalue weighted by Crippen LogP contribution is 2.19. The van der Waals surface area contributed by atoms with Gasteiger partial charge in [-0.15, -0.1) is 0 Å². The molecule has 20 heavy (non-hydrogen) atoms. The molecular weight excluding hydrogens is 265 g/mol. The first-order valence-corrected chi connectivity index (χ1v) is 6.00. The third kappa shape index (κ3) is 3.56. The molecule has 2 N–H and O–H groups in total. The molecule has 0 aliphatic heterocycles. The smallest absolute Gasteiger partial charge is 0.486 e. The Bertz CT molecular complexity index is 617. The molecule has 3 nitrogen and oxygen atoms in total. The zero-order chi connectivity index (χ0) is 14.7. The van der Waals surface area contributed by atoms with Crippen molar-refractivity contribution in [3.05, 3.63) is 59.2 Å². The highest BCUT2D eigenvalue weighted by Gasteiger charge is 2.13. The van der Waals surface area contributed by atoms with Gasteiger partial charge in [0.05, 0.1) is 0 Å². The fourth-order valence-electron chi connectivity index (χ4n) is 1.79. The van der Waals surface area contributed by atoms with Gasteiger partial charge in [0.2, 0.25) is 0 Å². The third-order valence-electron chi connectivity index (χ3n) is 2.76. The van der Waals surface area contributed by atoms with Crippen LogP contribution in [0, 0.1) is 18.6 Å². The molecule has 0 bridgehead atoms. The van der Waals surface area contributed by atoms with Crippen molar-refractivity contribution in [2.45, 2.75) is 13.5 Å². The molecule has 104 valence electrons. The van der Waals surface area contributed by atoms with Crippen LogP contribution in [0.3, 0.4) is 0 Å². The van der Waals surface area contributed by atoms with Crippen molar-refractivity contribution in [1.82, 2.24) is 0 Å². The van der Waals surface area contributed by atoms with Gasteiger partial charge >= 0.3 is 7.12 Å². The van der Waals surface area contributed by atoms with E-state index in [-0.39, 0.29) is 17.8 Å². The summed E-state index contributed by atoms with van der Waals surface area (Å²) < 4.78 is 32.1. The Balaban J connectivity index is 2.16. The molecule has 0 aliphatic rings. The van der Waals surface area contributed by atoms with E-state index in [1.165, 1.54) is 24.3 Å². The molecule has 0 aliphatic carbocycles. The summed E-state index contributed by atoms with van der Waals surface area (Å²) in [5.41, 5.74) is 1.24. The first-order valence-electron chi connectivity index (χ1n) is 6.00. The number of hydrogen-bond donors (Lipinski definition) is 2. The zero-order valence-corrected chi connectivity index (χ0v) is 10.8. The van der Waals surface area contributed by atoms with E-state index in [2.05, 4.69) is 0 Å². The van der Waals surface area contributed by atoms with Gasteiger partial charge in [-0.1, -0.05) is 12.1 Å². The van der Waals surface area contributed by atoms with E-state index in [9.17, 15) is 8.78 Å². The van der Waals surface area contributed by atoms with Gasteiger partial charge in [0, 0.05) is 0 Å². The van der Waals surface area contributed by atoms with Crippen LogP contribution in [0.1, 0.15) is 11.1 Å². The van der Waals surface area contributed by atoms with Gasteiger partial charge in [-0.3, -0.25) is 0 Å². The van der Waals surface area contributed by atoms with Crippen LogP contribution in [0.15, 0.2) is 36.4 Å². The Kier molecular flexibility index (Phi) is 4.37. The monoisotopic (exact) mass is 278 g/mol. The van der Waals surface area contributed by atoms with E-state index >= 15 is 0 Å². The average Bonchev–Trinajstić information content (AvgIpc) is 2.39. The second-order valence-electron chi connectivity index (χ2n) is 4.49. The van der Waals surface area contributed by atoms with Gasteiger partial charge in [-0.2, -0.15) is 0 Å². The predicted molar refractivity (Wildman–Crippen MR) is 71.7 cm³/mol. The topological polar surface area (TPSA) is 49.7 Å². The lowest BCUT2D eigenvalue weighted by atomic mass is 9.79. The summed E-state index contributed by atoms with van der Waals surface area (Å²) >= 11 is 0. The molecule has 0 spiro atoms. The van der Waals surface area contributed by atoms with E-state index in [4.69, 9.17) is 14.8 Å². The first kappa shape index (κ1) is 14.5. The minimum absolute atomic E-state index is 0.0216. The molecule has 0 aromatic heterocycles. The van der Waals surface area contributed by atoms with Crippen molar-refractivity contribution in [1.29, 1.82) is 0 Å². The summed E-state index contributed by atoms with van der Waals surface area (Å²) in [5.74, 6) is -1.05. The summed E-state index contributed by atoms with van der Waals surface area (Å²) in [6.07, 6.45) is 0. The largest absolute Gasteiger partial charge is 0.488 e. The molecule has 2 rings (SSSR count). The number of aryl methyl sites for hydroxylation is 1. The van der Waals surface area contributed by atoms with E-state index < -0.39 is 18.8 Å².